The lowest BCUT2D eigenvalue weighted by Crippen LogP contribution is -2.39. The van der Waals surface area contributed by atoms with Gasteiger partial charge < -0.3 is 5.11 Å². The minimum atomic E-state index is -0.605. The lowest BCUT2D eigenvalue weighted by molar-refractivity contribution is -0.149. The number of rotatable bonds is 5. The van der Waals surface area contributed by atoms with Gasteiger partial charge in [-0.2, -0.15) is 0 Å². The minimum absolute atomic E-state index is 0.0182. The van der Waals surface area contributed by atoms with Crippen molar-refractivity contribution in [3.8, 4) is 0 Å². The maximum atomic E-state index is 11.5. The van der Waals surface area contributed by atoms with Crippen LogP contribution in [0.3, 0.4) is 0 Å². The van der Waals surface area contributed by atoms with Gasteiger partial charge in [-0.1, -0.05) is 19.1 Å². The van der Waals surface area contributed by atoms with Crippen molar-refractivity contribution < 1.29 is 9.90 Å². The Hall–Kier alpha value is -0.500. The van der Waals surface area contributed by atoms with Crippen LogP contribution in [0.1, 0.15) is 46.0 Å². The van der Waals surface area contributed by atoms with Crippen molar-refractivity contribution in [1.29, 1.82) is 0 Å². The summed E-state index contributed by atoms with van der Waals surface area (Å²) in [6.07, 6.45) is 5.16. The molecular weight excluding hydrogens is 248 g/mol. The second kappa shape index (κ2) is 4.88. The van der Waals surface area contributed by atoms with Crippen LogP contribution in [0.25, 0.3) is 0 Å². The smallest absolute Gasteiger partial charge is 0.307 e. The molecule has 0 aromatic carbocycles. The third kappa shape index (κ3) is 2.20. The predicted molar refractivity (Wildman–Crippen MR) is 73.8 cm³/mol. The van der Waals surface area contributed by atoms with Gasteiger partial charge in [-0.3, -0.25) is 4.79 Å². The molecule has 5 atom stereocenters. The second-order valence-electron chi connectivity index (χ2n) is 6.44. The van der Waals surface area contributed by atoms with Gasteiger partial charge in [0.15, 0.2) is 0 Å². The van der Waals surface area contributed by atoms with E-state index in [0.29, 0.717) is 11.8 Å². The van der Waals surface area contributed by atoms with Gasteiger partial charge in [0.2, 0.25) is 0 Å². The predicted octanol–water partition coefficient (Wildman–Crippen LogP) is 4.09. The molecule has 2 fully saturated rings. The Balaban J connectivity index is 2.08. The van der Waals surface area contributed by atoms with Crippen LogP contribution in [0.15, 0.2) is 12.2 Å². The molecule has 2 saturated carbocycles. The van der Waals surface area contributed by atoms with E-state index in [1.165, 1.54) is 6.42 Å². The van der Waals surface area contributed by atoms with E-state index in [1.807, 2.05) is 6.92 Å². The molecule has 102 valence electrons. The van der Waals surface area contributed by atoms with E-state index in [-0.39, 0.29) is 16.7 Å². The second-order valence-corrected chi connectivity index (χ2v) is 6.97. The Labute approximate surface area is 114 Å². The maximum Gasteiger partial charge on any atom is 0.307 e. The average molecular weight is 271 g/mol. The molecule has 3 heteroatoms. The van der Waals surface area contributed by atoms with Crippen LogP contribution >= 0.6 is 11.6 Å². The maximum absolute atomic E-state index is 11.5. The number of hydrogen-bond acceptors (Lipinski definition) is 1. The lowest BCUT2D eigenvalue weighted by atomic mass is 9.64. The summed E-state index contributed by atoms with van der Waals surface area (Å²) >= 11 is 6.24. The highest BCUT2D eigenvalue weighted by Gasteiger charge is 2.57. The zero-order valence-corrected chi connectivity index (χ0v) is 12.0. The van der Waals surface area contributed by atoms with Crippen molar-refractivity contribution in [1.82, 2.24) is 0 Å². The standard InChI is InChI=1S/C15H23ClO2/c1-9(2)12(16)6-7-15(3)11-5-4-10(8-11)13(15)14(17)18/h10-13H,1,4-8H2,2-3H3,(H,17,18)/t10-,11+,12?,13-,15-/m0/s1. The molecule has 0 aliphatic heterocycles. The first-order chi connectivity index (χ1) is 8.36. The summed E-state index contributed by atoms with van der Waals surface area (Å²) in [5.74, 6) is 0.213. The lowest BCUT2D eigenvalue weighted by Gasteiger charge is -2.39. The zero-order valence-electron chi connectivity index (χ0n) is 11.3. The van der Waals surface area contributed by atoms with Gasteiger partial charge in [0.05, 0.1) is 11.3 Å². The average Bonchev–Trinajstić information content (AvgIpc) is 2.84. The summed E-state index contributed by atoms with van der Waals surface area (Å²) in [6, 6.07) is 0. The van der Waals surface area contributed by atoms with Gasteiger partial charge in [-0.05, 0) is 56.3 Å². The van der Waals surface area contributed by atoms with E-state index in [0.717, 1.165) is 31.3 Å². The Morgan fingerprint density at radius 2 is 2.22 bits per heavy atom. The third-order valence-electron chi connectivity index (χ3n) is 5.32. The first-order valence-corrected chi connectivity index (χ1v) is 7.32. The third-order valence-corrected chi connectivity index (χ3v) is 5.92. The summed E-state index contributed by atoms with van der Waals surface area (Å²) in [5, 5.41) is 9.48. The van der Waals surface area contributed by atoms with E-state index in [9.17, 15) is 9.90 Å². The first kappa shape index (κ1) is 13.9. The molecule has 18 heavy (non-hydrogen) atoms. The fraction of sp³-hybridized carbons (Fsp3) is 0.800. The van der Waals surface area contributed by atoms with Gasteiger partial charge in [-0.15, -0.1) is 11.6 Å². The van der Waals surface area contributed by atoms with Gasteiger partial charge in [0.25, 0.3) is 0 Å². The fourth-order valence-corrected chi connectivity index (χ4v) is 4.35. The number of carbonyl (C=O) groups is 1. The monoisotopic (exact) mass is 270 g/mol. The molecule has 2 bridgehead atoms. The highest BCUT2D eigenvalue weighted by Crippen LogP contribution is 2.61. The normalized spacial score (nSPS) is 39.8. The van der Waals surface area contributed by atoms with Gasteiger partial charge in [0, 0.05) is 0 Å². The molecule has 1 N–H and O–H groups in total. The molecule has 0 aromatic rings. The number of carboxylic acids is 1. The quantitative estimate of drug-likeness (QED) is 0.604. The number of allylic oxidation sites excluding steroid dienone is 1. The molecule has 2 aliphatic rings. The zero-order chi connectivity index (χ0) is 13.5. The van der Waals surface area contributed by atoms with E-state index >= 15 is 0 Å². The van der Waals surface area contributed by atoms with Crippen molar-refractivity contribution in [2.45, 2.75) is 51.3 Å². The molecule has 2 nitrogen and oxygen atoms in total. The molecule has 2 aliphatic carbocycles. The molecule has 0 amide bonds. The molecule has 0 saturated heterocycles. The van der Waals surface area contributed by atoms with Crippen LogP contribution in [0.5, 0.6) is 0 Å². The summed E-state index contributed by atoms with van der Waals surface area (Å²) in [4.78, 5) is 11.5. The molecule has 0 radical (unpaired) electrons. The van der Waals surface area contributed by atoms with Crippen LogP contribution in [0.2, 0.25) is 0 Å². The Kier molecular flexibility index (Phi) is 3.77. The van der Waals surface area contributed by atoms with Gasteiger partial charge >= 0.3 is 5.97 Å². The van der Waals surface area contributed by atoms with Crippen molar-refractivity contribution in [3.63, 3.8) is 0 Å². The number of fused-ring (bicyclic) bond motifs is 2. The van der Waals surface area contributed by atoms with Crippen molar-refractivity contribution in [2.75, 3.05) is 0 Å². The number of carboxylic acid groups (broad SMARTS) is 1. The minimum Gasteiger partial charge on any atom is -0.481 e. The van der Waals surface area contributed by atoms with Crippen LogP contribution in [0, 0.1) is 23.2 Å². The van der Waals surface area contributed by atoms with Crippen molar-refractivity contribution in [3.05, 3.63) is 12.2 Å². The number of aliphatic carboxylic acids is 1. The topological polar surface area (TPSA) is 37.3 Å². The molecule has 1 unspecified atom stereocenters. The van der Waals surface area contributed by atoms with Crippen LogP contribution in [-0.4, -0.2) is 16.5 Å². The summed E-state index contributed by atoms with van der Waals surface area (Å²) < 4.78 is 0. The van der Waals surface area contributed by atoms with Gasteiger partial charge in [-0.25, -0.2) is 0 Å². The van der Waals surface area contributed by atoms with Crippen LogP contribution in [0.4, 0.5) is 0 Å². The van der Waals surface area contributed by atoms with Crippen molar-refractivity contribution in [2.24, 2.45) is 23.2 Å². The highest BCUT2D eigenvalue weighted by molar-refractivity contribution is 6.22. The van der Waals surface area contributed by atoms with E-state index in [1.54, 1.807) is 0 Å². The fourth-order valence-electron chi connectivity index (χ4n) is 4.24. The summed E-state index contributed by atoms with van der Waals surface area (Å²) in [6.45, 7) is 7.98. The number of hydrogen-bond donors (Lipinski definition) is 1. The van der Waals surface area contributed by atoms with E-state index < -0.39 is 5.97 Å². The highest BCUT2D eigenvalue weighted by atomic mass is 35.5. The SMILES string of the molecule is C=C(C)C(Cl)CC[C@@]1(C)[C@@H]2CC[C@@H](C2)[C@H]1C(=O)O. The van der Waals surface area contributed by atoms with Crippen LogP contribution < -0.4 is 0 Å². The Morgan fingerprint density at radius 3 is 2.78 bits per heavy atom. The van der Waals surface area contributed by atoms with E-state index in [2.05, 4.69) is 13.5 Å². The summed E-state index contributed by atoms with van der Waals surface area (Å²) in [5.41, 5.74) is 0.924. The summed E-state index contributed by atoms with van der Waals surface area (Å²) in [7, 11) is 0. The Bertz CT molecular complexity index is 366. The molecule has 2 rings (SSSR count). The molecular formula is C15H23ClO2. The largest absolute Gasteiger partial charge is 0.481 e. The Morgan fingerprint density at radius 1 is 1.56 bits per heavy atom. The molecule has 0 aromatic heterocycles. The number of halogens is 1. The molecule has 0 heterocycles. The van der Waals surface area contributed by atoms with Gasteiger partial charge in [0.1, 0.15) is 0 Å². The first-order valence-electron chi connectivity index (χ1n) is 6.88. The van der Waals surface area contributed by atoms with E-state index in [4.69, 9.17) is 11.6 Å². The van der Waals surface area contributed by atoms with Crippen molar-refractivity contribution >= 4 is 17.6 Å². The van der Waals surface area contributed by atoms with Crippen LogP contribution in [-0.2, 0) is 4.79 Å². The molecule has 0 spiro atoms. The number of alkyl halides is 1.